The van der Waals surface area contributed by atoms with Crippen LogP contribution in [0.2, 0.25) is 0 Å². The van der Waals surface area contributed by atoms with E-state index in [0.717, 1.165) is 16.9 Å². The molecule has 0 aliphatic rings. The van der Waals surface area contributed by atoms with Crippen LogP contribution in [0.4, 0.5) is 0 Å². The molecule has 0 bridgehead atoms. The number of amides is 1. The molecule has 1 amide bonds. The van der Waals surface area contributed by atoms with Crippen molar-refractivity contribution >= 4 is 29.0 Å². The fraction of sp³-hybridized carbons (Fsp3) is 0.312. The lowest BCUT2D eigenvalue weighted by molar-refractivity contribution is 0.0951. The SMILES string of the molecule is CC(C)Sc1ccccc1C(=O)NCCc1cccs1. The van der Waals surface area contributed by atoms with Gasteiger partial charge in [-0.05, 0) is 30.0 Å². The molecule has 106 valence electrons. The molecule has 0 fully saturated rings. The Morgan fingerprint density at radius 3 is 2.75 bits per heavy atom. The van der Waals surface area contributed by atoms with Crippen LogP contribution in [0.25, 0.3) is 0 Å². The third-order valence-corrected chi connectivity index (χ3v) is 4.75. The molecule has 20 heavy (non-hydrogen) atoms. The number of hydrogen-bond donors (Lipinski definition) is 1. The fourth-order valence-corrected chi connectivity index (χ4v) is 3.52. The van der Waals surface area contributed by atoms with E-state index in [-0.39, 0.29) is 5.91 Å². The molecule has 0 aliphatic heterocycles. The second kappa shape index (κ2) is 7.50. The van der Waals surface area contributed by atoms with Crippen molar-refractivity contribution in [2.24, 2.45) is 0 Å². The average molecular weight is 305 g/mol. The van der Waals surface area contributed by atoms with Crippen molar-refractivity contribution in [2.45, 2.75) is 30.4 Å². The van der Waals surface area contributed by atoms with Gasteiger partial charge in [-0.1, -0.05) is 32.0 Å². The fourth-order valence-electron chi connectivity index (χ4n) is 1.86. The second-order valence-electron chi connectivity index (χ2n) is 4.75. The number of nitrogens with one attached hydrogen (secondary N) is 1. The molecule has 1 aromatic carbocycles. The Kier molecular flexibility index (Phi) is 5.68. The Morgan fingerprint density at radius 2 is 2.05 bits per heavy atom. The largest absolute Gasteiger partial charge is 0.352 e. The lowest BCUT2D eigenvalue weighted by Crippen LogP contribution is -2.26. The summed E-state index contributed by atoms with van der Waals surface area (Å²) >= 11 is 3.45. The molecule has 4 heteroatoms. The summed E-state index contributed by atoms with van der Waals surface area (Å²) in [4.78, 5) is 14.6. The Morgan fingerprint density at radius 1 is 1.25 bits per heavy atom. The van der Waals surface area contributed by atoms with Gasteiger partial charge >= 0.3 is 0 Å². The number of hydrogen-bond acceptors (Lipinski definition) is 3. The molecule has 2 nitrogen and oxygen atoms in total. The number of thioether (sulfide) groups is 1. The molecule has 0 saturated carbocycles. The normalized spacial score (nSPS) is 10.8. The summed E-state index contributed by atoms with van der Waals surface area (Å²) in [5.41, 5.74) is 0.775. The monoisotopic (exact) mass is 305 g/mol. The molecule has 1 aromatic heterocycles. The highest BCUT2D eigenvalue weighted by atomic mass is 32.2. The van der Waals surface area contributed by atoms with Crippen LogP contribution in [-0.2, 0) is 6.42 Å². The summed E-state index contributed by atoms with van der Waals surface area (Å²) in [5, 5.41) is 5.53. The lowest BCUT2D eigenvalue weighted by atomic mass is 10.2. The first-order valence-electron chi connectivity index (χ1n) is 6.73. The van der Waals surface area contributed by atoms with Gasteiger partial charge in [-0.2, -0.15) is 0 Å². The van der Waals surface area contributed by atoms with Crippen LogP contribution in [0.1, 0.15) is 29.1 Å². The third-order valence-electron chi connectivity index (χ3n) is 2.73. The average Bonchev–Trinajstić information content (AvgIpc) is 2.91. The van der Waals surface area contributed by atoms with E-state index in [9.17, 15) is 4.79 Å². The van der Waals surface area contributed by atoms with Gasteiger partial charge in [0.15, 0.2) is 0 Å². The highest BCUT2D eigenvalue weighted by Crippen LogP contribution is 2.26. The molecule has 2 rings (SSSR count). The molecule has 0 spiro atoms. The molecule has 0 saturated heterocycles. The van der Waals surface area contributed by atoms with Crippen LogP contribution in [0.15, 0.2) is 46.7 Å². The van der Waals surface area contributed by atoms with Crippen LogP contribution in [0, 0.1) is 0 Å². The molecular formula is C16H19NOS2. The Balaban J connectivity index is 1.94. The number of carbonyl (C=O) groups excluding carboxylic acids is 1. The number of carbonyl (C=O) groups is 1. The maximum absolute atomic E-state index is 12.3. The van der Waals surface area contributed by atoms with Gasteiger partial charge in [0.05, 0.1) is 5.56 Å². The van der Waals surface area contributed by atoms with Crippen LogP contribution >= 0.6 is 23.1 Å². The predicted octanol–water partition coefficient (Wildman–Crippen LogP) is 4.22. The molecule has 0 unspecified atom stereocenters. The van der Waals surface area contributed by atoms with Gasteiger partial charge in [0.25, 0.3) is 5.91 Å². The Labute approximate surface area is 128 Å². The summed E-state index contributed by atoms with van der Waals surface area (Å²) in [7, 11) is 0. The second-order valence-corrected chi connectivity index (χ2v) is 7.40. The number of benzene rings is 1. The minimum atomic E-state index is 0.0188. The van der Waals surface area contributed by atoms with Gasteiger partial charge in [-0.25, -0.2) is 0 Å². The van der Waals surface area contributed by atoms with Crippen molar-refractivity contribution in [3.8, 4) is 0 Å². The van der Waals surface area contributed by atoms with Crippen LogP contribution < -0.4 is 5.32 Å². The van der Waals surface area contributed by atoms with Gasteiger partial charge in [0, 0.05) is 21.6 Å². The van der Waals surface area contributed by atoms with Gasteiger partial charge in [-0.15, -0.1) is 23.1 Å². The number of rotatable bonds is 6. The van der Waals surface area contributed by atoms with Crippen molar-refractivity contribution < 1.29 is 4.79 Å². The maximum atomic E-state index is 12.3. The zero-order valence-corrected chi connectivity index (χ0v) is 13.4. The standard InChI is InChI=1S/C16H19NOS2/c1-12(2)20-15-8-4-3-7-14(15)16(18)17-10-9-13-6-5-11-19-13/h3-8,11-12H,9-10H2,1-2H3,(H,17,18). The summed E-state index contributed by atoms with van der Waals surface area (Å²) in [6.07, 6.45) is 0.892. The summed E-state index contributed by atoms with van der Waals surface area (Å²) in [6, 6.07) is 11.9. The van der Waals surface area contributed by atoms with Gasteiger partial charge in [-0.3, -0.25) is 4.79 Å². The van der Waals surface area contributed by atoms with E-state index < -0.39 is 0 Å². The highest BCUT2D eigenvalue weighted by molar-refractivity contribution is 8.00. The lowest BCUT2D eigenvalue weighted by Gasteiger charge is -2.11. The molecule has 1 heterocycles. The Bertz CT molecular complexity index is 549. The quantitative estimate of drug-likeness (QED) is 0.810. The molecule has 1 N–H and O–H groups in total. The summed E-state index contributed by atoms with van der Waals surface area (Å²) in [6.45, 7) is 4.95. The topological polar surface area (TPSA) is 29.1 Å². The van der Waals surface area contributed by atoms with Crippen molar-refractivity contribution in [3.63, 3.8) is 0 Å². The minimum absolute atomic E-state index is 0.0188. The van der Waals surface area contributed by atoms with E-state index in [2.05, 4.69) is 30.6 Å². The first kappa shape index (κ1) is 15.1. The molecule has 0 atom stereocenters. The van der Waals surface area contributed by atoms with Crippen LogP contribution in [0.3, 0.4) is 0 Å². The first-order chi connectivity index (χ1) is 9.66. The highest BCUT2D eigenvalue weighted by Gasteiger charge is 2.11. The predicted molar refractivity (Wildman–Crippen MR) is 87.8 cm³/mol. The van der Waals surface area contributed by atoms with Crippen LogP contribution in [-0.4, -0.2) is 17.7 Å². The van der Waals surface area contributed by atoms with E-state index in [0.29, 0.717) is 11.8 Å². The van der Waals surface area contributed by atoms with Gasteiger partial charge < -0.3 is 5.32 Å². The summed E-state index contributed by atoms with van der Waals surface area (Å²) < 4.78 is 0. The van der Waals surface area contributed by atoms with Crippen molar-refractivity contribution in [3.05, 3.63) is 52.2 Å². The Hall–Kier alpha value is -1.26. The zero-order chi connectivity index (χ0) is 14.4. The van der Waals surface area contributed by atoms with Crippen molar-refractivity contribution in [1.29, 1.82) is 0 Å². The van der Waals surface area contributed by atoms with E-state index in [4.69, 9.17) is 0 Å². The smallest absolute Gasteiger partial charge is 0.252 e. The molecule has 0 radical (unpaired) electrons. The summed E-state index contributed by atoms with van der Waals surface area (Å²) in [5.74, 6) is 0.0188. The molecular weight excluding hydrogens is 286 g/mol. The van der Waals surface area contributed by atoms with E-state index in [1.165, 1.54) is 4.88 Å². The zero-order valence-electron chi connectivity index (χ0n) is 11.8. The first-order valence-corrected chi connectivity index (χ1v) is 8.49. The maximum Gasteiger partial charge on any atom is 0.252 e. The van der Waals surface area contributed by atoms with Crippen molar-refractivity contribution in [2.75, 3.05) is 6.54 Å². The third kappa shape index (κ3) is 4.39. The van der Waals surface area contributed by atoms with Gasteiger partial charge in [0.2, 0.25) is 0 Å². The van der Waals surface area contributed by atoms with Crippen molar-refractivity contribution in [1.82, 2.24) is 5.32 Å². The minimum Gasteiger partial charge on any atom is -0.352 e. The van der Waals surface area contributed by atoms with E-state index in [1.807, 2.05) is 30.3 Å². The van der Waals surface area contributed by atoms with Gasteiger partial charge in [0.1, 0.15) is 0 Å². The van der Waals surface area contributed by atoms with E-state index >= 15 is 0 Å². The van der Waals surface area contributed by atoms with E-state index in [1.54, 1.807) is 23.1 Å². The number of thiophene rings is 1. The van der Waals surface area contributed by atoms with Crippen LogP contribution in [0.5, 0.6) is 0 Å². The molecule has 2 aromatic rings. The molecule has 0 aliphatic carbocycles.